The molecule has 4 heteroatoms. The van der Waals surface area contributed by atoms with E-state index < -0.39 is 0 Å². The highest BCUT2D eigenvalue weighted by Gasteiger charge is 2.02. The molecule has 1 aromatic carbocycles. The number of rotatable bonds is 5. The highest BCUT2D eigenvalue weighted by atomic mass is 16.5. The summed E-state index contributed by atoms with van der Waals surface area (Å²) in [5.41, 5.74) is 0.857. The van der Waals surface area contributed by atoms with Crippen molar-refractivity contribution in [1.82, 2.24) is 5.16 Å². The molecule has 0 aliphatic carbocycles. The lowest BCUT2D eigenvalue weighted by atomic mass is 10.3. The highest BCUT2D eigenvalue weighted by molar-refractivity contribution is 5.31. The van der Waals surface area contributed by atoms with Crippen LogP contribution in [0.1, 0.15) is 18.4 Å². The van der Waals surface area contributed by atoms with Crippen LogP contribution in [0.3, 0.4) is 0 Å². The fourth-order valence-corrected chi connectivity index (χ4v) is 1.44. The van der Waals surface area contributed by atoms with Gasteiger partial charge in [-0.25, -0.2) is 0 Å². The topological polar surface area (TPSA) is 44.5 Å². The molecule has 4 nitrogen and oxygen atoms in total. The molecule has 0 unspecified atom stereocenters. The van der Waals surface area contributed by atoms with Crippen LogP contribution in [0.2, 0.25) is 0 Å². The summed E-state index contributed by atoms with van der Waals surface area (Å²) in [5.74, 6) is 2.34. The molecule has 90 valence electrons. The van der Waals surface area contributed by atoms with Crippen LogP contribution >= 0.6 is 0 Å². The van der Waals surface area contributed by atoms with Crippen LogP contribution in [-0.4, -0.2) is 11.8 Å². The third kappa shape index (κ3) is 3.24. The summed E-state index contributed by atoms with van der Waals surface area (Å²) >= 11 is 0. The van der Waals surface area contributed by atoms with Gasteiger partial charge in [-0.3, -0.25) is 0 Å². The smallest absolute Gasteiger partial charge is 0.174 e. The second kappa shape index (κ2) is 5.39. The average Bonchev–Trinajstić information content (AvgIpc) is 2.75. The van der Waals surface area contributed by atoms with Gasteiger partial charge in [-0.2, -0.15) is 0 Å². The third-order valence-corrected chi connectivity index (χ3v) is 2.19. The van der Waals surface area contributed by atoms with Gasteiger partial charge in [-0.05, 0) is 38.1 Å². The largest absolute Gasteiger partial charge is 0.494 e. The Morgan fingerprint density at radius 2 is 1.76 bits per heavy atom. The Kier molecular flexibility index (Phi) is 3.65. The molecule has 0 aliphatic heterocycles. The third-order valence-electron chi connectivity index (χ3n) is 2.19. The van der Waals surface area contributed by atoms with Crippen LogP contribution in [0.5, 0.6) is 11.5 Å². The quantitative estimate of drug-likeness (QED) is 0.796. The van der Waals surface area contributed by atoms with E-state index in [0.717, 1.165) is 23.0 Å². The average molecular weight is 233 g/mol. The van der Waals surface area contributed by atoms with Gasteiger partial charge in [-0.1, -0.05) is 5.16 Å². The first-order valence-corrected chi connectivity index (χ1v) is 5.56. The molecule has 0 amide bonds. The molecular formula is C13H15NO3. The Morgan fingerprint density at radius 1 is 1.12 bits per heavy atom. The molecule has 0 bridgehead atoms. The van der Waals surface area contributed by atoms with E-state index in [1.54, 1.807) is 0 Å². The van der Waals surface area contributed by atoms with Crippen molar-refractivity contribution in [1.29, 1.82) is 0 Å². The number of benzene rings is 1. The summed E-state index contributed by atoms with van der Waals surface area (Å²) in [6.07, 6.45) is 0. The normalized spacial score (nSPS) is 10.2. The molecule has 0 aliphatic rings. The van der Waals surface area contributed by atoms with Crippen molar-refractivity contribution in [2.45, 2.75) is 20.5 Å². The van der Waals surface area contributed by atoms with Gasteiger partial charge < -0.3 is 14.0 Å². The van der Waals surface area contributed by atoms with E-state index in [0.29, 0.717) is 13.2 Å². The first kappa shape index (κ1) is 11.5. The minimum atomic E-state index is 0.384. The molecule has 17 heavy (non-hydrogen) atoms. The Balaban J connectivity index is 1.90. The molecule has 2 rings (SSSR count). The number of nitrogens with zero attached hydrogens (tertiary/aromatic N) is 1. The molecule has 0 saturated carbocycles. The molecular weight excluding hydrogens is 218 g/mol. The van der Waals surface area contributed by atoms with Gasteiger partial charge in [-0.15, -0.1) is 0 Å². The van der Waals surface area contributed by atoms with Crippen molar-refractivity contribution in [2.24, 2.45) is 0 Å². The minimum Gasteiger partial charge on any atom is -0.494 e. The van der Waals surface area contributed by atoms with Crippen LogP contribution < -0.4 is 9.47 Å². The number of aromatic nitrogens is 1. The first-order valence-electron chi connectivity index (χ1n) is 5.56. The van der Waals surface area contributed by atoms with Gasteiger partial charge >= 0.3 is 0 Å². The Morgan fingerprint density at radius 3 is 2.29 bits per heavy atom. The van der Waals surface area contributed by atoms with Crippen LogP contribution in [0, 0.1) is 6.92 Å². The maximum atomic E-state index is 5.55. The van der Waals surface area contributed by atoms with Crippen LogP contribution in [0.25, 0.3) is 0 Å². The number of hydrogen-bond donors (Lipinski definition) is 0. The molecule has 2 aromatic rings. The zero-order valence-electron chi connectivity index (χ0n) is 9.97. The molecule has 1 heterocycles. The lowest BCUT2D eigenvalue weighted by Crippen LogP contribution is -1.94. The maximum absolute atomic E-state index is 5.55. The molecule has 1 aromatic heterocycles. The number of ether oxygens (including phenoxy) is 2. The van der Waals surface area contributed by atoms with E-state index in [1.165, 1.54) is 0 Å². The SMILES string of the molecule is CCOc1ccc(OCc2cc(C)no2)cc1. The molecule has 0 saturated heterocycles. The monoisotopic (exact) mass is 233 g/mol. The van der Waals surface area contributed by atoms with Gasteiger partial charge in [0.25, 0.3) is 0 Å². The highest BCUT2D eigenvalue weighted by Crippen LogP contribution is 2.18. The summed E-state index contributed by atoms with van der Waals surface area (Å²) < 4.78 is 15.9. The fourth-order valence-electron chi connectivity index (χ4n) is 1.44. The van der Waals surface area contributed by atoms with E-state index >= 15 is 0 Å². The Labute approximate surface area is 100 Å². The summed E-state index contributed by atoms with van der Waals surface area (Å²) in [6, 6.07) is 9.35. The van der Waals surface area contributed by atoms with Crippen molar-refractivity contribution in [2.75, 3.05) is 6.61 Å². The van der Waals surface area contributed by atoms with Crippen molar-refractivity contribution in [3.8, 4) is 11.5 Å². The van der Waals surface area contributed by atoms with Gasteiger partial charge in [0, 0.05) is 6.07 Å². The minimum absolute atomic E-state index is 0.384. The van der Waals surface area contributed by atoms with E-state index in [1.807, 2.05) is 44.2 Å². The van der Waals surface area contributed by atoms with E-state index in [9.17, 15) is 0 Å². The molecule has 0 atom stereocenters. The molecule has 0 radical (unpaired) electrons. The van der Waals surface area contributed by atoms with Crippen molar-refractivity contribution in [3.05, 3.63) is 41.8 Å². The summed E-state index contributed by atoms with van der Waals surface area (Å²) in [5, 5.41) is 3.79. The van der Waals surface area contributed by atoms with E-state index in [-0.39, 0.29) is 0 Å². The zero-order valence-corrected chi connectivity index (χ0v) is 9.97. The standard InChI is InChI=1S/C13H15NO3/c1-3-15-11-4-6-12(7-5-11)16-9-13-8-10(2)14-17-13/h4-8H,3,9H2,1-2H3. The number of aryl methyl sites for hydroxylation is 1. The summed E-state index contributed by atoms with van der Waals surface area (Å²) in [6.45, 7) is 4.88. The van der Waals surface area contributed by atoms with E-state index in [2.05, 4.69) is 5.16 Å². The van der Waals surface area contributed by atoms with Crippen molar-refractivity contribution >= 4 is 0 Å². The van der Waals surface area contributed by atoms with Crippen molar-refractivity contribution < 1.29 is 14.0 Å². The van der Waals surface area contributed by atoms with E-state index in [4.69, 9.17) is 14.0 Å². The molecule has 0 fully saturated rings. The summed E-state index contributed by atoms with van der Waals surface area (Å²) in [4.78, 5) is 0. The van der Waals surface area contributed by atoms with Crippen LogP contribution in [0.4, 0.5) is 0 Å². The van der Waals surface area contributed by atoms with Crippen LogP contribution in [-0.2, 0) is 6.61 Å². The van der Waals surface area contributed by atoms with Gasteiger partial charge in [0.05, 0.1) is 12.3 Å². The fraction of sp³-hybridized carbons (Fsp3) is 0.308. The maximum Gasteiger partial charge on any atom is 0.174 e. The predicted octanol–water partition coefficient (Wildman–Crippen LogP) is 2.96. The van der Waals surface area contributed by atoms with Gasteiger partial charge in [0.1, 0.15) is 18.1 Å². The predicted molar refractivity (Wildman–Crippen MR) is 63.2 cm³/mol. The lowest BCUT2D eigenvalue weighted by Gasteiger charge is -2.05. The lowest BCUT2D eigenvalue weighted by molar-refractivity contribution is 0.248. The second-order valence-corrected chi connectivity index (χ2v) is 3.63. The zero-order chi connectivity index (χ0) is 12.1. The Hall–Kier alpha value is -1.97. The Bertz CT molecular complexity index is 462. The number of hydrogen-bond acceptors (Lipinski definition) is 4. The summed E-state index contributed by atoms with van der Waals surface area (Å²) in [7, 11) is 0. The first-order chi connectivity index (χ1) is 8.28. The van der Waals surface area contributed by atoms with Crippen LogP contribution in [0.15, 0.2) is 34.9 Å². The molecule has 0 spiro atoms. The van der Waals surface area contributed by atoms with Gasteiger partial charge in [0.15, 0.2) is 5.76 Å². The van der Waals surface area contributed by atoms with Crippen molar-refractivity contribution in [3.63, 3.8) is 0 Å². The molecule has 0 N–H and O–H groups in total. The second-order valence-electron chi connectivity index (χ2n) is 3.63. The van der Waals surface area contributed by atoms with Gasteiger partial charge in [0.2, 0.25) is 0 Å².